The summed E-state index contributed by atoms with van der Waals surface area (Å²) in [6.45, 7) is 6.17. The summed E-state index contributed by atoms with van der Waals surface area (Å²) in [6.07, 6.45) is 7.74. The Morgan fingerprint density at radius 3 is 2.71 bits per heavy atom. The summed E-state index contributed by atoms with van der Waals surface area (Å²) >= 11 is 0. The van der Waals surface area contributed by atoms with Crippen LogP contribution in [-0.2, 0) is 11.3 Å². The second kappa shape index (κ2) is 8.17. The van der Waals surface area contributed by atoms with Crippen molar-refractivity contribution in [3.63, 3.8) is 0 Å². The number of aromatic nitrogens is 4. The SMILES string of the molecule is Cc1ccc(C)n1CCCCCC(=O)N1CCC[C@H]1c1nnc2ccccn12. The molecule has 0 saturated carbocycles. The number of nitrogens with zero attached hydrogens (tertiary/aromatic N) is 5. The van der Waals surface area contributed by atoms with E-state index in [1.54, 1.807) is 0 Å². The van der Waals surface area contributed by atoms with E-state index in [1.165, 1.54) is 11.4 Å². The van der Waals surface area contributed by atoms with Crippen molar-refractivity contribution in [3.05, 3.63) is 53.7 Å². The standard InChI is InChI=1S/C22H29N5O/c1-17-12-13-18(2)25(17)14-6-3-4-11-21(28)26-16-8-9-19(26)22-24-23-20-10-5-7-15-27(20)22/h5,7,10,12-13,15,19H,3-4,6,8-9,11,14,16H2,1-2H3/t19-/m0/s1. The van der Waals surface area contributed by atoms with Crippen LogP contribution in [0.4, 0.5) is 0 Å². The molecule has 1 aliphatic rings. The second-order valence-corrected chi connectivity index (χ2v) is 7.81. The number of likely N-dealkylation sites (tertiary alicyclic amines) is 1. The summed E-state index contributed by atoms with van der Waals surface area (Å²) in [7, 11) is 0. The monoisotopic (exact) mass is 379 g/mol. The molecule has 0 unspecified atom stereocenters. The first kappa shape index (κ1) is 18.7. The molecule has 1 saturated heterocycles. The molecule has 1 aliphatic heterocycles. The van der Waals surface area contributed by atoms with Crippen LogP contribution in [-0.4, -0.2) is 36.5 Å². The highest BCUT2D eigenvalue weighted by molar-refractivity contribution is 5.76. The summed E-state index contributed by atoms with van der Waals surface area (Å²) in [4.78, 5) is 14.9. The van der Waals surface area contributed by atoms with Crippen molar-refractivity contribution in [2.45, 2.75) is 65.0 Å². The van der Waals surface area contributed by atoms with E-state index in [-0.39, 0.29) is 11.9 Å². The molecule has 0 N–H and O–H groups in total. The molecule has 6 heteroatoms. The van der Waals surface area contributed by atoms with E-state index >= 15 is 0 Å². The summed E-state index contributed by atoms with van der Waals surface area (Å²) in [6, 6.07) is 10.3. The zero-order valence-corrected chi connectivity index (χ0v) is 16.8. The number of carbonyl (C=O) groups is 1. The Morgan fingerprint density at radius 2 is 1.89 bits per heavy atom. The van der Waals surface area contributed by atoms with E-state index in [9.17, 15) is 4.79 Å². The van der Waals surface area contributed by atoms with Gasteiger partial charge in [-0.25, -0.2) is 0 Å². The highest BCUT2D eigenvalue weighted by Gasteiger charge is 2.32. The fraction of sp³-hybridized carbons (Fsp3) is 0.500. The van der Waals surface area contributed by atoms with Gasteiger partial charge in [0.1, 0.15) is 0 Å². The van der Waals surface area contributed by atoms with Crippen LogP contribution >= 0.6 is 0 Å². The zero-order chi connectivity index (χ0) is 19.5. The van der Waals surface area contributed by atoms with E-state index in [4.69, 9.17) is 0 Å². The van der Waals surface area contributed by atoms with Crippen molar-refractivity contribution >= 4 is 11.6 Å². The van der Waals surface area contributed by atoms with Crippen molar-refractivity contribution in [2.75, 3.05) is 6.54 Å². The van der Waals surface area contributed by atoms with Gasteiger partial charge in [0.15, 0.2) is 11.5 Å². The van der Waals surface area contributed by atoms with Gasteiger partial charge in [-0.2, -0.15) is 0 Å². The third-order valence-electron chi connectivity index (χ3n) is 5.90. The van der Waals surface area contributed by atoms with Gasteiger partial charge in [0.25, 0.3) is 0 Å². The number of fused-ring (bicyclic) bond motifs is 1. The first-order valence-electron chi connectivity index (χ1n) is 10.4. The van der Waals surface area contributed by atoms with Gasteiger partial charge in [-0.15, -0.1) is 10.2 Å². The Labute approximate surface area is 166 Å². The maximum Gasteiger partial charge on any atom is 0.223 e. The fourth-order valence-corrected chi connectivity index (χ4v) is 4.34. The summed E-state index contributed by atoms with van der Waals surface area (Å²) < 4.78 is 4.37. The molecular weight excluding hydrogens is 350 g/mol. The predicted molar refractivity (Wildman–Crippen MR) is 109 cm³/mol. The Kier molecular flexibility index (Phi) is 5.46. The van der Waals surface area contributed by atoms with E-state index in [0.717, 1.165) is 56.7 Å². The minimum absolute atomic E-state index is 0.0510. The lowest BCUT2D eigenvalue weighted by molar-refractivity contribution is -0.132. The first-order valence-corrected chi connectivity index (χ1v) is 10.4. The molecule has 148 valence electrons. The minimum Gasteiger partial charge on any atom is -0.349 e. The van der Waals surface area contributed by atoms with Gasteiger partial charge in [0.05, 0.1) is 6.04 Å². The van der Waals surface area contributed by atoms with Crippen LogP contribution in [0.25, 0.3) is 5.65 Å². The van der Waals surface area contributed by atoms with Crippen LogP contribution in [0.3, 0.4) is 0 Å². The van der Waals surface area contributed by atoms with Crippen LogP contribution < -0.4 is 0 Å². The maximum atomic E-state index is 12.9. The number of hydrogen-bond acceptors (Lipinski definition) is 3. The van der Waals surface area contributed by atoms with Gasteiger partial charge in [-0.05, 0) is 63.8 Å². The van der Waals surface area contributed by atoms with Gasteiger partial charge in [-0.3, -0.25) is 9.20 Å². The molecule has 6 nitrogen and oxygen atoms in total. The van der Waals surface area contributed by atoms with Crippen LogP contribution in [0.1, 0.15) is 61.8 Å². The number of rotatable bonds is 7. The molecule has 1 amide bonds. The van der Waals surface area contributed by atoms with Crippen molar-refractivity contribution in [3.8, 4) is 0 Å². The van der Waals surface area contributed by atoms with Crippen molar-refractivity contribution in [1.29, 1.82) is 0 Å². The van der Waals surface area contributed by atoms with Crippen LogP contribution in [0.5, 0.6) is 0 Å². The van der Waals surface area contributed by atoms with E-state index in [2.05, 4.69) is 40.7 Å². The molecular formula is C22H29N5O. The molecule has 0 bridgehead atoms. The number of pyridine rings is 1. The van der Waals surface area contributed by atoms with Gasteiger partial charge in [-0.1, -0.05) is 12.5 Å². The Hall–Kier alpha value is -2.63. The topological polar surface area (TPSA) is 55.4 Å². The fourth-order valence-electron chi connectivity index (χ4n) is 4.34. The summed E-state index contributed by atoms with van der Waals surface area (Å²) in [5.74, 6) is 1.14. The van der Waals surface area contributed by atoms with E-state index in [1.807, 2.05) is 33.7 Å². The second-order valence-electron chi connectivity index (χ2n) is 7.81. The van der Waals surface area contributed by atoms with Gasteiger partial charge < -0.3 is 9.47 Å². The highest BCUT2D eigenvalue weighted by Crippen LogP contribution is 2.31. The number of carbonyl (C=O) groups excluding carboxylic acids is 1. The third kappa shape index (κ3) is 3.68. The average molecular weight is 380 g/mol. The molecule has 4 rings (SSSR count). The molecule has 0 aliphatic carbocycles. The van der Waals surface area contributed by atoms with Crippen LogP contribution in [0.15, 0.2) is 36.5 Å². The maximum absolute atomic E-state index is 12.9. The van der Waals surface area contributed by atoms with E-state index < -0.39 is 0 Å². The summed E-state index contributed by atoms with van der Waals surface area (Å²) in [5.41, 5.74) is 3.47. The Balaban J connectivity index is 1.30. The Bertz CT molecular complexity index is 937. The molecule has 4 heterocycles. The molecule has 28 heavy (non-hydrogen) atoms. The number of aryl methyl sites for hydroxylation is 2. The van der Waals surface area contributed by atoms with Gasteiger partial charge >= 0.3 is 0 Å². The third-order valence-corrected chi connectivity index (χ3v) is 5.90. The van der Waals surface area contributed by atoms with Gasteiger partial charge in [0.2, 0.25) is 5.91 Å². The molecule has 0 radical (unpaired) electrons. The predicted octanol–water partition coefficient (Wildman–Crippen LogP) is 4.07. The Morgan fingerprint density at radius 1 is 1.07 bits per heavy atom. The quantitative estimate of drug-likeness (QED) is 0.582. The lowest BCUT2D eigenvalue weighted by atomic mass is 10.1. The lowest BCUT2D eigenvalue weighted by Crippen LogP contribution is -2.31. The normalized spacial score (nSPS) is 16.9. The molecule has 0 spiro atoms. The van der Waals surface area contributed by atoms with Crippen LogP contribution in [0.2, 0.25) is 0 Å². The molecule has 3 aromatic heterocycles. The van der Waals surface area contributed by atoms with Crippen molar-refractivity contribution in [1.82, 2.24) is 24.1 Å². The zero-order valence-electron chi connectivity index (χ0n) is 16.8. The molecule has 0 aromatic carbocycles. The summed E-state index contributed by atoms with van der Waals surface area (Å²) in [5, 5.41) is 8.64. The number of unbranched alkanes of at least 4 members (excludes halogenated alkanes) is 2. The lowest BCUT2D eigenvalue weighted by Gasteiger charge is -2.23. The number of amides is 1. The largest absolute Gasteiger partial charge is 0.349 e. The molecule has 1 fully saturated rings. The molecule has 3 aromatic rings. The van der Waals surface area contributed by atoms with Gasteiger partial charge in [0, 0.05) is 37.1 Å². The minimum atomic E-state index is 0.0510. The first-order chi connectivity index (χ1) is 13.6. The van der Waals surface area contributed by atoms with Crippen molar-refractivity contribution < 1.29 is 4.79 Å². The van der Waals surface area contributed by atoms with E-state index in [0.29, 0.717) is 6.42 Å². The van der Waals surface area contributed by atoms with Crippen LogP contribution in [0, 0.1) is 13.8 Å². The van der Waals surface area contributed by atoms with Crippen molar-refractivity contribution in [2.24, 2.45) is 0 Å². The highest BCUT2D eigenvalue weighted by atomic mass is 16.2. The average Bonchev–Trinajstić information content (AvgIpc) is 3.41. The number of hydrogen-bond donors (Lipinski definition) is 0. The molecule has 1 atom stereocenters. The smallest absolute Gasteiger partial charge is 0.223 e.